The van der Waals surface area contributed by atoms with Crippen molar-refractivity contribution >= 4 is 51.7 Å². The highest BCUT2D eigenvalue weighted by atomic mass is 127. The number of hydrogen-bond acceptors (Lipinski definition) is 6. The van der Waals surface area contributed by atoms with Crippen LogP contribution in [0.25, 0.3) is 0 Å². The molecule has 8 nitrogen and oxygen atoms in total. The van der Waals surface area contributed by atoms with Crippen LogP contribution < -0.4 is 15.4 Å². The van der Waals surface area contributed by atoms with E-state index in [4.69, 9.17) is 14.2 Å². The van der Waals surface area contributed by atoms with Crippen LogP contribution in [0, 0.1) is 15.4 Å². The topological polar surface area (TPSA) is 103 Å². The van der Waals surface area contributed by atoms with Crippen molar-refractivity contribution in [3.8, 4) is 17.6 Å². The zero-order valence-corrected chi connectivity index (χ0v) is 25.0. The van der Waals surface area contributed by atoms with Crippen molar-refractivity contribution in [2.75, 3.05) is 31.0 Å². The molecule has 9 heteroatoms. The summed E-state index contributed by atoms with van der Waals surface area (Å²) >= 11 is 2.11. The van der Waals surface area contributed by atoms with Gasteiger partial charge in [-0.3, -0.25) is 14.9 Å². The highest BCUT2D eigenvalue weighted by Crippen LogP contribution is 2.32. The van der Waals surface area contributed by atoms with Crippen LogP contribution in [0.1, 0.15) is 48.7 Å². The minimum atomic E-state index is -0.744. The molecule has 0 aliphatic rings. The number of anilines is 2. The average Bonchev–Trinajstić information content (AvgIpc) is 2.88. The van der Waals surface area contributed by atoms with Crippen LogP contribution in [0.3, 0.4) is 0 Å². The number of ether oxygens (including phenoxy) is 3. The molecule has 3 aromatic carbocycles. The number of carbonyl (C=O) groups excluding carboxylic acids is 3. The number of nitrogens with one attached hydrogen (secondary N) is 2. The van der Waals surface area contributed by atoms with Crippen LogP contribution in [-0.2, 0) is 14.3 Å². The van der Waals surface area contributed by atoms with Crippen LogP contribution in [-0.4, -0.2) is 43.7 Å². The van der Waals surface area contributed by atoms with Gasteiger partial charge in [-0.05, 0) is 73.7 Å². The smallest absolute Gasteiger partial charge is 0.412 e. The van der Waals surface area contributed by atoms with Gasteiger partial charge >= 0.3 is 6.09 Å². The maximum absolute atomic E-state index is 13.0. The van der Waals surface area contributed by atoms with Gasteiger partial charge in [0.2, 0.25) is 5.91 Å². The summed E-state index contributed by atoms with van der Waals surface area (Å²) in [5.41, 5.74) is 1.41. The third-order valence-electron chi connectivity index (χ3n) is 5.16. The first-order valence-electron chi connectivity index (χ1n) is 12.5. The van der Waals surface area contributed by atoms with Crippen molar-refractivity contribution in [1.82, 2.24) is 0 Å². The van der Waals surface area contributed by atoms with E-state index in [9.17, 15) is 14.4 Å². The van der Waals surface area contributed by atoms with E-state index in [1.807, 2.05) is 36.4 Å². The summed E-state index contributed by atoms with van der Waals surface area (Å²) in [6.45, 7) is 5.80. The van der Waals surface area contributed by atoms with E-state index in [2.05, 4.69) is 45.1 Å². The van der Waals surface area contributed by atoms with Gasteiger partial charge in [0, 0.05) is 27.9 Å². The molecule has 40 heavy (non-hydrogen) atoms. The Labute approximate surface area is 247 Å². The normalized spacial score (nSPS) is 10.6. The number of ketones is 1. The lowest BCUT2D eigenvalue weighted by atomic mass is 10.1. The molecular weight excluding hydrogens is 623 g/mol. The van der Waals surface area contributed by atoms with E-state index in [1.54, 1.807) is 58.2 Å². The maximum Gasteiger partial charge on any atom is 0.412 e. The standard InChI is InChI=1S/C31H31IN2O6/c1-31(2,3)40-30(37)34-26-19-28(39-16-15-38-4)23(14-13-21-9-6-5-7-10-21)18-25(26)33-29(36)20-27(35)22-11-8-12-24(32)17-22/h5-12,17-19H,15-16,20H2,1-4H3,(H,33,36)(H,34,37). The Hall–Kier alpha value is -3.88. The summed E-state index contributed by atoms with van der Waals surface area (Å²) in [5, 5.41) is 5.42. The predicted octanol–water partition coefficient (Wildman–Crippen LogP) is 6.27. The van der Waals surface area contributed by atoms with Gasteiger partial charge < -0.3 is 19.5 Å². The summed E-state index contributed by atoms with van der Waals surface area (Å²) in [6, 6.07) is 19.6. The Bertz CT molecular complexity index is 1420. The van der Waals surface area contributed by atoms with Gasteiger partial charge in [0.1, 0.15) is 18.0 Å². The molecule has 2 amide bonds. The van der Waals surface area contributed by atoms with Crippen LogP contribution >= 0.6 is 22.6 Å². The van der Waals surface area contributed by atoms with Gasteiger partial charge in [0.15, 0.2) is 5.78 Å². The number of amides is 2. The van der Waals surface area contributed by atoms with Gasteiger partial charge in [0.25, 0.3) is 0 Å². The monoisotopic (exact) mass is 654 g/mol. The largest absolute Gasteiger partial charge is 0.490 e. The number of benzene rings is 3. The molecular formula is C31H31IN2O6. The Morgan fingerprint density at radius 2 is 1.60 bits per heavy atom. The van der Waals surface area contributed by atoms with E-state index < -0.39 is 17.6 Å². The zero-order chi connectivity index (χ0) is 29.1. The summed E-state index contributed by atoms with van der Waals surface area (Å²) in [4.78, 5) is 38.3. The van der Waals surface area contributed by atoms with Crippen LogP contribution in [0.2, 0.25) is 0 Å². The molecule has 0 fully saturated rings. The molecule has 208 valence electrons. The number of rotatable bonds is 9. The lowest BCUT2D eigenvalue weighted by Gasteiger charge is -2.21. The molecule has 2 N–H and O–H groups in total. The molecule has 0 aliphatic heterocycles. The molecule has 0 spiro atoms. The summed E-state index contributed by atoms with van der Waals surface area (Å²) in [5.74, 6) is 5.66. The summed E-state index contributed by atoms with van der Waals surface area (Å²) < 4.78 is 17.3. The summed E-state index contributed by atoms with van der Waals surface area (Å²) in [6.07, 6.45) is -1.10. The lowest BCUT2D eigenvalue weighted by Crippen LogP contribution is -2.28. The molecule has 0 bridgehead atoms. The van der Waals surface area contributed by atoms with E-state index in [0.717, 1.165) is 9.13 Å². The molecule has 0 unspecified atom stereocenters. The van der Waals surface area contributed by atoms with Crippen LogP contribution in [0.15, 0.2) is 66.7 Å². The number of hydrogen-bond donors (Lipinski definition) is 2. The molecule has 0 heterocycles. The fraction of sp³-hybridized carbons (Fsp3) is 0.258. The third-order valence-corrected chi connectivity index (χ3v) is 5.83. The molecule has 0 saturated heterocycles. The van der Waals surface area contributed by atoms with Crippen molar-refractivity contribution in [2.24, 2.45) is 0 Å². The van der Waals surface area contributed by atoms with Crippen molar-refractivity contribution in [2.45, 2.75) is 32.8 Å². The van der Waals surface area contributed by atoms with Crippen molar-refractivity contribution < 1.29 is 28.6 Å². The molecule has 0 atom stereocenters. The van der Waals surface area contributed by atoms with Crippen molar-refractivity contribution in [1.29, 1.82) is 0 Å². The number of halogens is 1. The first-order valence-corrected chi connectivity index (χ1v) is 13.6. The number of carbonyl (C=O) groups is 3. The predicted molar refractivity (Wildman–Crippen MR) is 163 cm³/mol. The Balaban J connectivity index is 1.97. The lowest BCUT2D eigenvalue weighted by molar-refractivity contribution is -0.115. The Kier molecular flexibility index (Phi) is 11.1. The number of Topliss-reactive ketones (excluding diaryl/α,β-unsaturated/α-hetero) is 1. The molecule has 0 saturated carbocycles. The van der Waals surface area contributed by atoms with E-state index in [1.165, 1.54) is 0 Å². The minimum absolute atomic E-state index is 0.224. The number of methoxy groups -OCH3 is 1. The van der Waals surface area contributed by atoms with Gasteiger partial charge in [-0.25, -0.2) is 4.79 Å². The Morgan fingerprint density at radius 1 is 0.875 bits per heavy atom. The van der Waals surface area contributed by atoms with Crippen LogP contribution in [0.5, 0.6) is 5.75 Å². The second-order valence-electron chi connectivity index (χ2n) is 9.64. The quantitative estimate of drug-likeness (QED) is 0.0927. The van der Waals surface area contributed by atoms with E-state index >= 15 is 0 Å². The van der Waals surface area contributed by atoms with Gasteiger partial charge in [-0.15, -0.1) is 0 Å². The molecule has 3 rings (SSSR count). The van der Waals surface area contributed by atoms with E-state index in [-0.39, 0.29) is 30.2 Å². The first kappa shape index (κ1) is 30.7. The van der Waals surface area contributed by atoms with Gasteiger partial charge in [-0.1, -0.05) is 42.2 Å². The second-order valence-corrected chi connectivity index (χ2v) is 10.9. The Morgan fingerprint density at radius 3 is 2.27 bits per heavy atom. The van der Waals surface area contributed by atoms with Gasteiger partial charge in [0.05, 0.1) is 30.0 Å². The van der Waals surface area contributed by atoms with Crippen molar-refractivity contribution in [3.05, 3.63) is 87.0 Å². The van der Waals surface area contributed by atoms with Gasteiger partial charge in [-0.2, -0.15) is 0 Å². The fourth-order valence-electron chi connectivity index (χ4n) is 3.42. The maximum atomic E-state index is 13.0. The van der Waals surface area contributed by atoms with E-state index in [0.29, 0.717) is 23.5 Å². The first-order chi connectivity index (χ1) is 19.0. The highest BCUT2D eigenvalue weighted by Gasteiger charge is 2.21. The SMILES string of the molecule is COCCOc1cc(NC(=O)OC(C)(C)C)c(NC(=O)CC(=O)c2cccc(I)c2)cc1C#Cc1ccccc1. The molecule has 0 radical (unpaired) electrons. The second kappa shape index (κ2) is 14.5. The zero-order valence-electron chi connectivity index (χ0n) is 22.8. The molecule has 0 aromatic heterocycles. The average molecular weight is 655 g/mol. The molecule has 3 aromatic rings. The fourth-order valence-corrected chi connectivity index (χ4v) is 3.96. The minimum Gasteiger partial charge on any atom is -0.490 e. The molecule has 0 aliphatic carbocycles. The van der Waals surface area contributed by atoms with Crippen LogP contribution in [0.4, 0.5) is 16.2 Å². The van der Waals surface area contributed by atoms with Crippen molar-refractivity contribution in [3.63, 3.8) is 0 Å². The summed E-state index contributed by atoms with van der Waals surface area (Å²) in [7, 11) is 1.56. The highest BCUT2D eigenvalue weighted by molar-refractivity contribution is 14.1. The third kappa shape index (κ3) is 10.0.